The Labute approximate surface area is 110 Å². The van der Waals surface area contributed by atoms with E-state index < -0.39 is 18.1 Å². The van der Waals surface area contributed by atoms with Crippen LogP contribution in [-0.4, -0.2) is 46.3 Å². The number of β-amino-alcohol motifs (C(OH)–C–C–N with tert-alkyl or cyclic N) is 1. The number of rotatable bonds is 9. The third-order valence-corrected chi connectivity index (χ3v) is 3.72. The Kier molecular flexibility index (Phi) is 7.28. The summed E-state index contributed by atoms with van der Waals surface area (Å²) < 4.78 is 0. The molecule has 4 heteroatoms. The van der Waals surface area contributed by atoms with E-state index in [1.54, 1.807) is 0 Å². The highest BCUT2D eigenvalue weighted by Gasteiger charge is 2.35. The minimum absolute atomic E-state index is 0.381. The maximum Gasteiger partial charge on any atom is 0.321 e. The van der Waals surface area contributed by atoms with Crippen molar-refractivity contribution >= 4 is 5.97 Å². The monoisotopic (exact) mass is 257 g/mol. The van der Waals surface area contributed by atoms with Crippen LogP contribution in [0, 0.1) is 0 Å². The van der Waals surface area contributed by atoms with Gasteiger partial charge in [0.1, 0.15) is 6.04 Å². The molecule has 0 spiro atoms. The molecule has 0 radical (unpaired) electrons. The van der Waals surface area contributed by atoms with E-state index >= 15 is 0 Å². The maximum atomic E-state index is 11.0. The number of carboxylic acid groups (broad SMARTS) is 1. The molecule has 1 saturated heterocycles. The van der Waals surface area contributed by atoms with Crippen LogP contribution in [0.1, 0.15) is 58.3 Å². The van der Waals surface area contributed by atoms with E-state index in [0.29, 0.717) is 13.0 Å². The highest BCUT2D eigenvalue weighted by Crippen LogP contribution is 2.19. The second-order valence-corrected chi connectivity index (χ2v) is 5.36. The van der Waals surface area contributed by atoms with Crippen molar-refractivity contribution in [1.82, 2.24) is 4.90 Å². The SMILES string of the molecule is CCCCCCCCCN1CC(O)CC1C(=O)O. The molecule has 1 aliphatic rings. The molecule has 1 aliphatic heterocycles. The molecule has 18 heavy (non-hydrogen) atoms. The smallest absolute Gasteiger partial charge is 0.321 e. The van der Waals surface area contributed by atoms with E-state index in [1.807, 2.05) is 4.90 Å². The highest BCUT2D eigenvalue weighted by molar-refractivity contribution is 5.74. The average molecular weight is 257 g/mol. The molecule has 0 saturated carbocycles. The number of hydrogen-bond donors (Lipinski definition) is 2. The van der Waals surface area contributed by atoms with E-state index in [2.05, 4.69) is 6.92 Å². The first kappa shape index (κ1) is 15.4. The Morgan fingerprint density at radius 3 is 2.39 bits per heavy atom. The van der Waals surface area contributed by atoms with Crippen LogP contribution in [0.4, 0.5) is 0 Å². The topological polar surface area (TPSA) is 60.8 Å². The summed E-state index contributed by atoms with van der Waals surface area (Å²) >= 11 is 0. The molecule has 2 atom stereocenters. The van der Waals surface area contributed by atoms with Crippen molar-refractivity contribution in [3.8, 4) is 0 Å². The molecule has 2 N–H and O–H groups in total. The van der Waals surface area contributed by atoms with Gasteiger partial charge in [-0.1, -0.05) is 45.4 Å². The van der Waals surface area contributed by atoms with Crippen LogP contribution in [0.2, 0.25) is 0 Å². The molecule has 4 nitrogen and oxygen atoms in total. The van der Waals surface area contributed by atoms with Crippen molar-refractivity contribution in [2.45, 2.75) is 70.4 Å². The van der Waals surface area contributed by atoms with Gasteiger partial charge in [0, 0.05) is 13.0 Å². The summed E-state index contributed by atoms with van der Waals surface area (Å²) in [6.45, 7) is 3.54. The van der Waals surface area contributed by atoms with Crippen LogP contribution in [0.15, 0.2) is 0 Å². The van der Waals surface area contributed by atoms with Gasteiger partial charge >= 0.3 is 5.97 Å². The predicted molar refractivity (Wildman–Crippen MR) is 71.6 cm³/mol. The molecule has 1 rings (SSSR count). The molecule has 1 heterocycles. The van der Waals surface area contributed by atoms with Crippen LogP contribution in [0.25, 0.3) is 0 Å². The summed E-state index contributed by atoms with van der Waals surface area (Å²) in [6, 6.07) is -0.472. The Hall–Kier alpha value is -0.610. The first-order valence-electron chi connectivity index (χ1n) is 7.30. The van der Waals surface area contributed by atoms with Gasteiger partial charge in [-0.3, -0.25) is 9.69 Å². The number of carboxylic acids is 1. The van der Waals surface area contributed by atoms with Crippen molar-refractivity contribution in [1.29, 1.82) is 0 Å². The first-order valence-corrected chi connectivity index (χ1v) is 7.30. The van der Waals surface area contributed by atoms with Crippen LogP contribution in [-0.2, 0) is 4.79 Å². The second kappa shape index (κ2) is 8.48. The normalized spacial score (nSPS) is 24.6. The van der Waals surface area contributed by atoms with Crippen molar-refractivity contribution < 1.29 is 15.0 Å². The molecule has 0 bridgehead atoms. The number of hydrogen-bond acceptors (Lipinski definition) is 3. The van der Waals surface area contributed by atoms with E-state index in [1.165, 1.54) is 38.5 Å². The van der Waals surface area contributed by atoms with Crippen molar-refractivity contribution in [3.05, 3.63) is 0 Å². The minimum Gasteiger partial charge on any atom is -0.480 e. The Bertz CT molecular complexity index is 245. The molecule has 0 aromatic carbocycles. The lowest BCUT2D eigenvalue weighted by Gasteiger charge is -2.20. The number of aliphatic carboxylic acids is 1. The molecule has 0 aromatic heterocycles. The number of nitrogens with zero attached hydrogens (tertiary/aromatic N) is 1. The number of aliphatic hydroxyl groups is 1. The van der Waals surface area contributed by atoms with E-state index in [4.69, 9.17) is 5.11 Å². The summed E-state index contributed by atoms with van der Waals surface area (Å²) in [7, 11) is 0. The van der Waals surface area contributed by atoms with Crippen molar-refractivity contribution in [3.63, 3.8) is 0 Å². The molecule has 1 fully saturated rings. The number of likely N-dealkylation sites (tertiary alicyclic amines) is 1. The fourth-order valence-electron chi connectivity index (χ4n) is 2.66. The highest BCUT2D eigenvalue weighted by atomic mass is 16.4. The minimum atomic E-state index is -0.797. The first-order chi connectivity index (χ1) is 8.65. The standard InChI is InChI=1S/C14H27NO3/c1-2-3-4-5-6-7-8-9-15-11-12(16)10-13(15)14(17)18/h12-13,16H,2-11H2,1H3,(H,17,18). The van der Waals surface area contributed by atoms with Crippen LogP contribution in [0.3, 0.4) is 0 Å². The average Bonchev–Trinajstić information content (AvgIpc) is 2.69. The number of carbonyl (C=O) groups is 1. The lowest BCUT2D eigenvalue weighted by atomic mass is 10.1. The van der Waals surface area contributed by atoms with Crippen LogP contribution in [0.5, 0.6) is 0 Å². The summed E-state index contributed by atoms with van der Waals surface area (Å²) in [5, 5.41) is 18.6. The molecule has 0 amide bonds. The Balaban J connectivity index is 2.09. The molecule has 0 aromatic rings. The summed E-state index contributed by atoms with van der Waals surface area (Å²) in [4.78, 5) is 12.9. The third-order valence-electron chi connectivity index (χ3n) is 3.72. The molecular formula is C14H27NO3. The van der Waals surface area contributed by atoms with E-state index in [9.17, 15) is 9.90 Å². The van der Waals surface area contributed by atoms with Gasteiger partial charge in [0.2, 0.25) is 0 Å². The maximum absolute atomic E-state index is 11.0. The van der Waals surface area contributed by atoms with Crippen LogP contribution < -0.4 is 0 Å². The van der Waals surface area contributed by atoms with Gasteiger partial charge in [0.05, 0.1) is 6.10 Å². The quantitative estimate of drug-likeness (QED) is 0.622. The van der Waals surface area contributed by atoms with Gasteiger partial charge in [-0.15, -0.1) is 0 Å². The molecular weight excluding hydrogens is 230 g/mol. The van der Waals surface area contributed by atoms with E-state index in [0.717, 1.165) is 13.0 Å². The Morgan fingerprint density at radius 1 is 1.17 bits per heavy atom. The molecule has 0 aliphatic carbocycles. The zero-order chi connectivity index (χ0) is 13.4. The lowest BCUT2D eigenvalue weighted by molar-refractivity contribution is -0.142. The number of unbranched alkanes of at least 4 members (excludes halogenated alkanes) is 6. The van der Waals surface area contributed by atoms with Gasteiger partial charge in [0.15, 0.2) is 0 Å². The summed E-state index contributed by atoms with van der Waals surface area (Å²) in [5.74, 6) is -0.797. The van der Waals surface area contributed by atoms with Crippen LogP contribution >= 0.6 is 0 Å². The van der Waals surface area contributed by atoms with Gasteiger partial charge < -0.3 is 10.2 Å². The lowest BCUT2D eigenvalue weighted by Crippen LogP contribution is -2.36. The Morgan fingerprint density at radius 2 is 1.78 bits per heavy atom. The predicted octanol–water partition coefficient (Wildman–Crippen LogP) is 2.26. The van der Waals surface area contributed by atoms with E-state index in [-0.39, 0.29) is 0 Å². The summed E-state index contributed by atoms with van der Waals surface area (Å²) in [5.41, 5.74) is 0. The zero-order valence-corrected chi connectivity index (χ0v) is 11.5. The molecule has 106 valence electrons. The zero-order valence-electron chi connectivity index (χ0n) is 11.5. The molecule has 2 unspecified atom stereocenters. The van der Waals surface area contributed by atoms with Crippen molar-refractivity contribution in [2.75, 3.05) is 13.1 Å². The fourth-order valence-corrected chi connectivity index (χ4v) is 2.66. The van der Waals surface area contributed by atoms with Gasteiger partial charge in [-0.05, 0) is 13.0 Å². The van der Waals surface area contributed by atoms with Gasteiger partial charge in [-0.25, -0.2) is 0 Å². The van der Waals surface area contributed by atoms with Gasteiger partial charge in [0.25, 0.3) is 0 Å². The summed E-state index contributed by atoms with van der Waals surface area (Å²) in [6.07, 6.45) is 8.57. The van der Waals surface area contributed by atoms with Gasteiger partial charge in [-0.2, -0.15) is 0 Å². The second-order valence-electron chi connectivity index (χ2n) is 5.36. The fraction of sp³-hybridized carbons (Fsp3) is 0.929. The largest absolute Gasteiger partial charge is 0.480 e. The third kappa shape index (κ3) is 5.36. The number of aliphatic hydroxyl groups excluding tert-OH is 1. The van der Waals surface area contributed by atoms with Crippen molar-refractivity contribution in [2.24, 2.45) is 0 Å².